The van der Waals surface area contributed by atoms with Crippen molar-refractivity contribution < 1.29 is 5.11 Å². The Kier molecular flexibility index (Phi) is 6.39. The molecule has 0 radical (unpaired) electrons. The Morgan fingerprint density at radius 1 is 1.47 bits per heavy atom. The number of thioether (sulfide) groups is 1. The highest BCUT2D eigenvalue weighted by Crippen LogP contribution is 2.14. The summed E-state index contributed by atoms with van der Waals surface area (Å²) in [6.45, 7) is 4.28. The van der Waals surface area contributed by atoms with Crippen molar-refractivity contribution in [2.75, 3.05) is 18.9 Å². The molecule has 0 aromatic carbocycles. The second-order valence-corrected chi connectivity index (χ2v) is 4.37. The van der Waals surface area contributed by atoms with Crippen LogP contribution in [-0.4, -0.2) is 29.0 Å². The Balaban J connectivity index is 2.35. The predicted octanol–water partition coefficient (Wildman–Crippen LogP) is 1.67. The van der Waals surface area contributed by atoms with Crippen molar-refractivity contribution in [3.63, 3.8) is 0 Å². The van der Waals surface area contributed by atoms with E-state index in [1.807, 2.05) is 12.3 Å². The van der Waals surface area contributed by atoms with Crippen molar-refractivity contribution in [1.29, 1.82) is 0 Å². The molecule has 0 fully saturated rings. The molecule has 0 spiro atoms. The first-order valence-corrected chi connectivity index (χ1v) is 6.24. The maximum Gasteiger partial charge on any atom is 0.0960 e. The van der Waals surface area contributed by atoms with Gasteiger partial charge in [0.2, 0.25) is 0 Å². The van der Waals surface area contributed by atoms with E-state index >= 15 is 0 Å². The number of aliphatic hydroxyl groups is 1. The lowest BCUT2D eigenvalue weighted by Crippen LogP contribution is -2.13. The molecule has 1 aromatic heterocycles. The first-order valence-electron chi connectivity index (χ1n) is 5.26. The van der Waals surface area contributed by atoms with Crippen LogP contribution in [0.1, 0.15) is 18.9 Å². The lowest BCUT2D eigenvalue weighted by atomic mass is 10.3. The molecule has 0 atom stereocenters. The van der Waals surface area contributed by atoms with Crippen LogP contribution in [0.3, 0.4) is 0 Å². The fourth-order valence-electron chi connectivity index (χ4n) is 1.16. The van der Waals surface area contributed by atoms with Gasteiger partial charge in [-0.25, -0.2) is 4.98 Å². The monoisotopic (exact) mass is 226 g/mol. The molecule has 0 bridgehead atoms. The van der Waals surface area contributed by atoms with Crippen molar-refractivity contribution in [3.05, 3.63) is 23.9 Å². The fraction of sp³-hybridized carbons (Fsp3) is 0.545. The highest BCUT2D eigenvalue weighted by Gasteiger charge is 1.96. The number of nitrogens with one attached hydrogen (secondary N) is 1. The van der Waals surface area contributed by atoms with Crippen LogP contribution < -0.4 is 5.32 Å². The summed E-state index contributed by atoms with van der Waals surface area (Å²) < 4.78 is 0. The van der Waals surface area contributed by atoms with Crippen molar-refractivity contribution >= 4 is 11.8 Å². The molecule has 0 saturated carbocycles. The lowest BCUT2D eigenvalue weighted by molar-refractivity contribution is 0.322. The summed E-state index contributed by atoms with van der Waals surface area (Å²) in [5.74, 6) is 0.709. The van der Waals surface area contributed by atoms with Crippen LogP contribution in [0.2, 0.25) is 0 Å². The van der Waals surface area contributed by atoms with Gasteiger partial charge in [-0.05, 0) is 24.6 Å². The molecule has 15 heavy (non-hydrogen) atoms. The largest absolute Gasteiger partial charge is 0.396 e. The van der Waals surface area contributed by atoms with Gasteiger partial charge in [0, 0.05) is 18.5 Å². The molecule has 2 N–H and O–H groups in total. The van der Waals surface area contributed by atoms with Gasteiger partial charge in [-0.2, -0.15) is 0 Å². The van der Waals surface area contributed by atoms with E-state index in [-0.39, 0.29) is 6.61 Å². The van der Waals surface area contributed by atoms with E-state index in [2.05, 4.69) is 23.3 Å². The molecule has 0 amide bonds. The minimum Gasteiger partial charge on any atom is -0.396 e. The number of hydrogen-bond acceptors (Lipinski definition) is 4. The summed E-state index contributed by atoms with van der Waals surface area (Å²) in [5.41, 5.74) is 1.21. The van der Waals surface area contributed by atoms with E-state index in [4.69, 9.17) is 5.11 Å². The minimum absolute atomic E-state index is 0.201. The summed E-state index contributed by atoms with van der Waals surface area (Å²) in [4.78, 5) is 4.31. The van der Waals surface area contributed by atoms with Crippen LogP contribution in [0.15, 0.2) is 23.4 Å². The second kappa shape index (κ2) is 7.68. The highest BCUT2D eigenvalue weighted by atomic mass is 32.2. The van der Waals surface area contributed by atoms with Gasteiger partial charge in [0.15, 0.2) is 0 Å². The topological polar surface area (TPSA) is 45.1 Å². The number of rotatable bonds is 7. The zero-order chi connectivity index (χ0) is 10.9. The quantitative estimate of drug-likeness (QED) is 0.548. The molecule has 0 aliphatic carbocycles. The second-order valence-electron chi connectivity index (χ2n) is 3.25. The third kappa shape index (κ3) is 5.16. The number of aromatic nitrogens is 1. The Hall–Kier alpha value is -0.580. The summed E-state index contributed by atoms with van der Waals surface area (Å²) in [6, 6.07) is 4.08. The number of hydrogen-bond donors (Lipinski definition) is 2. The van der Waals surface area contributed by atoms with Gasteiger partial charge in [-0.3, -0.25) is 0 Å². The number of nitrogens with zero attached hydrogens (tertiary/aromatic N) is 1. The Morgan fingerprint density at radius 2 is 2.33 bits per heavy atom. The zero-order valence-electron chi connectivity index (χ0n) is 9.07. The van der Waals surface area contributed by atoms with Crippen LogP contribution in [0.5, 0.6) is 0 Å². The van der Waals surface area contributed by atoms with Gasteiger partial charge in [0.1, 0.15) is 0 Å². The normalized spacial score (nSPS) is 10.5. The van der Waals surface area contributed by atoms with Gasteiger partial charge in [-0.1, -0.05) is 13.0 Å². The smallest absolute Gasteiger partial charge is 0.0960 e. The number of pyridine rings is 1. The van der Waals surface area contributed by atoms with Gasteiger partial charge >= 0.3 is 0 Å². The highest BCUT2D eigenvalue weighted by molar-refractivity contribution is 7.99. The summed E-state index contributed by atoms with van der Waals surface area (Å²) >= 11 is 1.58. The number of aliphatic hydroxyl groups excluding tert-OH is 1. The van der Waals surface area contributed by atoms with Crippen LogP contribution in [-0.2, 0) is 6.54 Å². The van der Waals surface area contributed by atoms with Gasteiger partial charge in [0.25, 0.3) is 0 Å². The third-order valence-corrected chi connectivity index (χ3v) is 2.82. The standard InChI is InChI=1S/C11H18N2OS/c1-2-5-12-8-10-3-4-11(13-9-10)15-7-6-14/h3-4,9,12,14H,2,5-8H2,1H3. The predicted molar refractivity (Wildman–Crippen MR) is 64.0 cm³/mol. The van der Waals surface area contributed by atoms with E-state index in [0.29, 0.717) is 5.75 Å². The molecule has 84 valence electrons. The van der Waals surface area contributed by atoms with E-state index in [1.165, 1.54) is 5.56 Å². The van der Waals surface area contributed by atoms with Crippen LogP contribution in [0.4, 0.5) is 0 Å². The van der Waals surface area contributed by atoms with Crippen LogP contribution in [0, 0.1) is 0 Å². The molecule has 3 nitrogen and oxygen atoms in total. The molecular weight excluding hydrogens is 208 g/mol. The van der Waals surface area contributed by atoms with Gasteiger partial charge in [-0.15, -0.1) is 11.8 Å². The maximum absolute atomic E-state index is 8.67. The molecule has 1 aromatic rings. The van der Waals surface area contributed by atoms with E-state index < -0.39 is 0 Å². The average Bonchev–Trinajstić information content (AvgIpc) is 2.28. The zero-order valence-corrected chi connectivity index (χ0v) is 9.89. The third-order valence-electron chi connectivity index (χ3n) is 1.89. The Morgan fingerprint density at radius 3 is 2.93 bits per heavy atom. The maximum atomic E-state index is 8.67. The fourth-order valence-corrected chi connectivity index (χ4v) is 1.75. The summed E-state index contributed by atoms with van der Waals surface area (Å²) in [7, 11) is 0. The molecule has 1 heterocycles. The summed E-state index contributed by atoms with van der Waals surface area (Å²) in [6.07, 6.45) is 3.04. The van der Waals surface area contributed by atoms with E-state index in [0.717, 1.165) is 24.5 Å². The van der Waals surface area contributed by atoms with Crippen molar-refractivity contribution in [3.8, 4) is 0 Å². The molecule has 0 aliphatic rings. The van der Waals surface area contributed by atoms with Crippen molar-refractivity contribution in [2.45, 2.75) is 24.9 Å². The first kappa shape index (κ1) is 12.5. The van der Waals surface area contributed by atoms with Gasteiger partial charge in [0.05, 0.1) is 11.6 Å². The first-order chi connectivity index (χ1) is 7.36. The van der Waals surface area contributed by atoms with Gasteiger partial charge < -0.3 is 10.4 Å². The minimum atomic E-state index is 0.201. The lowest BCUT2D eigenvalue weighted by Gasteiger charge is -2.03. The molecule has 0 unspecified atom stereocenters. The van der Waals surface area contributed by atoms with Crippen LogP contribution in [0.25, 0.3) is 0 Å². The Bertz CT molecular complexity index is 264. The molecule has 4 heteroatoms. The van der Waals surface area contributed by atoms with Crippen molar-refractivity contribution in [2.24, 2.45) is 0 Å². The average molecular weight is 226 g/mol. The van der Waals surface area contributed by atoms with E-state index in [9.17, 15) is 0 Å². The molecule has 0 saturated heterocycles. The summed E-state index contributed by atoms with van der Waals surface area (Å²) in [5, 5.41) is 13.0. The molecule has 0 aliphatic heterocycles. The molecular formula is C11H18N2OS. The SMILES string of the molecule is CCCNCc1ccc(SCCO)nc1. The van der Waals surface area contributed by atoms with Crippen LogP contribution >= 0.6 is 11.8 Å². The van der Waals surface area contributed by atoms with Crippen molar-refractivity contribution in [1.82, 2.24) is 10.3 Å². The Labute approximate surface area is 95.3 Å². The van der Waals surface area contributed by atoms with E-state index in [1.54, 1.807) is 11.8 Å². The molecule has 1 rings (SSSR count).